The molecule has 0 radical (unpaired) electrons. The van der Waals surface area contributed by atoms with E-state index in [1.807, 2.05) is 0 Å². The molecule has 3 rings (SSSR count). The van der Waals surface area contributed by atoms with Gasteiger partial charge in [0.25, 0.3) is 5.91 Å². The monoisotopic (exact) mass is 370 g/mol. The zero-order valence-corrected chi connectivity index (χ0v) is 14.8. The average Bonchev–Trinajstić information content (AvgIpc) is 3.04. The number of likely N-dealkylation sites (tertiary alicyclic amines) is 1. The van der Waals surface area contributed by atoms with Crippen LogP contribution in [-0.2, 0) is 4.74 Å². The van der Waals surface area contributed by atoms with E-state index < -0.39 is 23.1 Å². The number of rotatable bonds is 4. The molecule has 0 spiro atoms. The van der Waals surface area contributed by atoms with Crippen molar-refractivity contribution in [2.45, 2.75) is 18.4 Å². The number of methoxy groups -OCH3 is 1. The predicted molar refractivity (Wildman–Crippen MR) is 90.3 cm³/mol. The van der Waals surface area contributed by atoms with E-state index in [0.29, 0.717) is 6.54 Å². The minimum atomic E-state index is -1.25. The average molecular weight is 370 g/mol. The Bertz CT molecular complexity index is 667. The standard InChI is InChI=1S/C18H24F2N2O4/c1-25-14-5-4-13(15(19)16(14)20)17(23)22-8-9-26-12-18(24,11-22)10-21-6-2-3-7-21/h4-5,24H,2-3,6-12H2,1H3/t18-/m0/s1. The van der Waals surface area contributed by atoms with Crippen LogP contribution >= 0.6 is 0 Å². The van der Waals surface area contributed by atoms with Crippen molar-refractivity contribution in [1.82, 2.24) is 9.80 Å². The smallest absolute Gasteiger partial charge is 0.257 e. The molecule has 144 valence electrons. The molecule has 0 saturated carbocycles. The summed E-state index contributed by atoms with van der Waals surface area (Å²) in [6, 6.07) is 2.42. The van der Waals surface area contributed by atoms with Crippen LogP contribution in [0.1, 0.15) is 23.2 Å². The van der Waals surface area contributed by atoms with E-state index in [2.05, 4.69) is 4.90 Å². The lowest BCUT2D eigenvalue weighted by molar-refractivity contribution is -0.0524. The molecule has 0 aromatic heterocycles. The van der Waals surface area contributed by atoms with Gasteiger partial charge in [-0.2, -0.15) is 4.39 Å². The zero-order valence-electron chi connectivity index (χ0n) is 14.8. The van der Waals surface area contributed by atoms with E-state index in [9.17, 15) is 18.7 Å². The van der Waals surface area contributed by atoms with Crippen molar-refractivity contribution in [2.75, 3.05) is 53.0 Å². The summed E-state index contributed by atoms with van der Waals surface area (Å²) in [5, 5.41) is 10.9. The number of carbonyl (C=O) groups excluding carboxylic acids is 1. The molecule has 1 atom stereocenters. The molecule has 1 N–H and O–H groups in total. The van der Waals surface area contributed by atoms with E-state index in [0.717, 1.165) is 25.9 Å². The maximum Gasteiger partial charge on any atom is 0.257 e. The molecule has 1 aromatic rings. The molecule has 2 fully saturated rings. The van der Waals surface area contributed by atoms with E-state index in [-0.39, 0.29) is 37.6 Å². The molecule has 0 unspecified atom stereocenters. The lowest BCUT2D eigenvalue weighted by atomic mass is 10.0. The maximum atomic E-state index is 14.3. The number of hydrogen-bond acceptors (Lipinski definition) is 5. The third-order valence-electron chi connectivity index (χ3n) is 4.86. The van der Waals surface area contributed by atoms with Crippen LogP contribution in [0.2, 0.25) is 0 Å². The summed E-state index contributed by atoms with van der Waals surface area (Å²) in [6.45, 7) is 2.73. The Morgan fingerprint density at radius 3 is 2.69 bits per heavy atom. The summed E-state index contributed by atoms with van der Waals surface area (Å²) in [5.41, 5.74) is -1.62. The fourth-order valence-electron chi connectivity index (χ4n) is 3.57. The first kappa shape index (κ1) is 19.0. The topological polar surface area (TPSA) is 62.2 Å². The number of amides is 1. The normalized spacial score (nSPS) is 24.5. The fourth-order valence-corrected chi connectivity index (χ4v) is 3.57. The molecular formula is C18H24F2N2O4. The first-order valence-corrected chi connectivity index (χ1v) is 8.77. The lowest BCUT2D eigenvalue weighted by Gasteiger charge is -2.34. The third-order valence-corrected chi connectivity index (χ3v) is 4.86. The van der Waals surface area contributed by atoms with Crippen LogP contribution in [-0.4, -0.2) is 79.5 Å². The first-order valence-electron chi connectivity index (χ1n) is 8.77. The number of carbonyl (C=O) groups is 1. The van der Waals surface area contributed by atoms with Gasteiger partial charge >= 0.3 is 0 Å². The van der Waals surface area contributed by atoms with Gasteiger partial charge in [-0.25, -0.2) is 4.39 Å². The highest BCUT2D eigenvalue weighted by atomic mass is 19.2. The molecule has 2 aliphatic rings. The van der Waals surface area contributed by atoms with Crippen LogP contribution in [0.25, 0.3) is 0 Å². The predicted octanol–water partition coefficient (Wildman–Crippen LogP) is 1.27. The number of ether oxygens (including phenoxy) is 2. The number of nitrogens with zero attached hydrogens (tertiary/aromatic N) is 2. The summed E-state index contributed by atoms with van der Waals surface area (Å²) < 4.78 is 38.4. The van der Waals surface area contributed by atoms with Crippen molar-refractivity contribution in [1.29, 1.82) is 0 Å². The Morgan fingerprint density at radius 2 is 2.00 bits per heavy atom. The summed E-state index contributed by atoms with van der Waals surface area (Å²) in [4.78, 5) is 16.2. The minimum Gasteiger partial charge on any atom is -0.494 e. The number of benzene rings is 1. The van der Waals surface area contributed by atoms with Gasteiger partial charge in [-0.3, -0.25) is 4.79 Å². The van der Waals surface area contributed by atoms with Crippen LogP contribution < -0.4 is 4.74 Å². The van der Waals surface area contributed by atoms with Crippen LogP contribution in [0.4, 0.5) is 8.78 Å². The SMILES string of the molecule is COc1ccc(C(=O)N2CCOC[C@](O)(CN3CCCC3)C2)c(F)c1F. The fraction of sp³-hybridized carbons (Fsp3) is 0.611. The Morgan fingerprint density at radius 1 is 1.27 bits per heavy atom. The van der Waals surface area contributed by atoms with E-state index >= 15 is 0 Å². The second kappa shape index (κ2) is 7.85. The van der Waals surface area contributed by atoms with Gasteiger partial charge in [0.15, 0.2) is 11.6 Å². The van der Waals surface area contributed by atoms with Crippen molar-refractivity contribution in [3.8, 4) is 5.75 Å². The van der Waals surface area contributed by atoms with Crippen molar-refractivity contribution in [3.05, 3.63) is 29.3 Å². The molecule has 1 amide bonds. The second-order valence-corrected chi connectivity index (χ2v) is 6.93. The van der Waals surface area contributed by atoms with Gasteiger partial charge in [-0.15, -0.1) is 0 Å². The van der Waals surface area contributed by atoms with E-state index in [4.69, 9.17) is 9.47 Å². The van der Waals surface area contributed by atoms with Crippen LogP contribution in [0.15, 0.2) is 12.1 Å². The van der Waals surface area contributed by atoms with Gasteiger partial charge in [0.1, 0.15) is 5.60 Å². The second-order valence-electron chi connectivity index (χ2n) is 6.93. The lowest BCUT2D eigenvalue weighted by Crippen LogP contribution is -2.53. The van der Waals surface area contributed by atoms with E-state index in [1.54, 1.807) is 0 Å². The highest BCUT2D eigenvalue weighted by Gasteiger charge is 2.37. The Kier molecular flexibility index (Phi) is 5.74. The molecule has 8 heteroatoms. The quantitative estimate of drug-likeness (QED) is 0.865. The van der Waals surface area contributed by atoms with Gasteiger partial charge in [0, 0.05) is 13.1 Å². The highest BCUT2D eigenvalue weighted by molar-refractivity contribution is 5.94. The van der Waals surface area contributed by atoms with Gasteiger partial charge in [-0.05, 0) is 38.1 Å². The van der Waals surface area contributed by atoms with Gasteiger partial charge in [-0.1, -0.05) is 0 Å². The molecule has 2 saturated heterocycles. The van der Waals surface area contributed by atoms with Crippen molar-refractivity contribution in [2.24, 2.45) is 0 Å². The summed E-state index contributed by atoms with van der Waals surface area (Å²) >= 11 is 0. The number of halogens is 2. The minimum absolute atomic E-state index is 0.00935. The van der Waals surface area contributed by atoms with E-state index in [1.165, 1.54) is 24.1 Å². The van der Waals surface area contributed by atoms with Crippen LogP contribution in [0.3, 0.4) is 0 Å². The molecular weight excluding hydrogens is 346 g/mol. The zero-order chi connectivity index (χ0) is 18.7. The molecule has 1 aromatic carbocycles. The molecule has 6 nitrogen and oxygen atoms in total. The molecule has 2 heterocycles. The van der Waals surface area contributed by atoms with Gasteiger partial charge in [0.05, 0.1) is 32.4 Å². The number of hydrogen-bond donors (Lipinski definition) is 1. The first-order chi connectivity index (χ1) is 12.4. The molecule has 0 bridgehead atoms. The van der Waals surface area contributed by atoms with Crippen LogP contribution in [0.5, 0.6) is 5.75 Å². The maximum absolute atomic E-state index is 14.3. The van der Waals surface area contributed by atoms with Crippen molar-refractivity contribution < 1.29 is 28.2 Å². The highest BCUT2D eigenvalue weighted by Crippen LogP contribution is 2.25. The van der Waals surface area contributed by atoms with Crippen LogP contribution in [0, 0.1) is 11.6 Å². The summed E-state index contributed by atoms with van der Waals surface area (Å²) in [7, 11) is 1.23. The van der Waals surface area contributed by atoms with Crippen molar-refractivity contribution >= 4 is 5.91 Å². The molecule has 26 heavy (non-hydrogen) atoms. The molecule has 2 aliphatic heterocycles. The summed E-state index contributed by atoms with van der Waals surface area (Å²) in [5.74, 6) is -3.38. The van der Waals surface area contributed by atoms with Crippen molar-refractivity contribution in [3.63, 3.8) is 0 Å². The number of aliphatic hydroxyl groups is 1. The van der Waals surface area contributed by atoms with Gasteiger partial charge < -0.3 is 24.4 Å². The Hall–Kier alpha value is -1.77. The van der Waals surface area contributed by atoms with Gasteiger partial charge in [0.2, 0.25) is 5.82 Å². The Labute approximate surface area is 151 Å². The number of β-amino-alcohol motifs (C(OH)–C–C–N with tert-alkyl or cyclic N) is 1. The third kappa shape index (κ3) is 3.97. The summed E-state index contributed by atoms with van der Waals surface area (Å²) in [6.07, 6.45) is 2.16. The Balaban J connectivity index is 1.78. The molecule has 0 aliphatic carbocycles. The largest absolute Gasteiger partial charge is 0.494 e.